The van der Waals surface area contributed by atoms with Crippen LogP contribution in [0.1, 0.15) is 23.4 Å². The van der Waals surface area contributed by atoms with Gasteiger partial charge < -0.3 is 10.6 Å². The molecule has 3 rings (SSSR count). The van der Waals surface area contributed by atoms with Gasteiger partial charge in [-0.3, -0.25) is 9.59 Å². The maximum atomic E-state index is 13.0. The number of thioether (sulfide) groups is 1. The molecule has 1 unspecified atom stereocenters. The molecule has 2 amide bonds. The number of aryl methyl sites for hydroxylation is 1. The molecule has 0 saturated heterocycles. The highest BCUT2D eigenvalue weighted by atomic mass is 32.2. The van der Waals surface area contributed by atoms with Crippen molar-refractivity contribution in [3.05, 3.63) is 71.2 Å². The molecule has 0 aliphatic heterocycles. The van der Waals surface area contributed by atoms with E-state index in [1.165, 1.54) is 30.0 Å². The molecular weight excluding hydrogens is 378 g/mol. The molecule has 138 valence electrons. The number of hydrogen-bond acceptors (Lipinski definition) is 5. The molecule has 0 spiro atoms. The number of aromatic nitrogens is 1. The van der Waals surface area contributed by atoms with E-state index in [0.717, 1.165) is 16.2 Å². The van der Waals surface area contributed by atoms with Crippen LogP contribution >= 0.6 is 23.1 Å². The lowest BCUT2D eigenvalue weighted by Crippen LogP contribution is -2.19. The van der Waals surface area contributed by atoms with Gasteiger partial charge in [-0.15, -0.1) is 23.1 Å². The molecule has 7 heteroatoms. The number of benzene rings is 2. The van der Waals surface area contributed by atoms with Gasteiger partial charge in [0.2, 0.25) is 11.8 Å². The van der Waals surface area contributed by atoms with Gasteiger partial charge in [0, 0.05) is 22.9 Å². The predicted molar refractivity (Wildman–Crippen MR) is 111 cm³/mol. The summed E-state index contributed by atoms with van der Waals surface area (Å²) in [7, 11) is 0. The number of thiazole rings is 1. The summed E-state index contributed by atoms with van der Waals surface area (Å²) in [6.07, 6.45) is 0. The molecule has 1 atom stereocenters. The van der Waals surface area contributed by atoms with Gasteiger partial charge in [-0.25, -0.2) is 4.98 Å². The third-order valence-electron chi connectivity index (χ3n) is 3.60. The van der Waals surface area contributed by atoms with Crippen LogP contribution in [0.2, 0.25) is 0 Å². The molecule has 2 aromatic carbocycles. The highest BCUT2D eigenvalue weighted by Crippen LogP contribution is 2.37. The Hall–Kier alpha value is -2.64. The Morgan fingerprint density at radius 3 is 2.52 bits per heavy atom. The third kappa shape index (κ3) is 5.42. The minimum absolute atomic E-state index is 0.131. The van der Waals surface area contributed by atoms with E-state index < -0.39 is 5.25 Å². The van der Waals surface area contributed by atoms with Crippen LogP contribution in [0.4, 0.5) is 10.8 Å². The van der Waals surface area contributed by atoms with Crippen LogP contribution in [0.25, 0.3) is 0 Å². The summed E-state index contributed by atoms with van der Waals surface area (Å²) >= 11 is 2.84. The monoisotopic (exact) mass is 397 g/mol. The second-order valence-corrected chi connectivity index (χ2v) is 7.94. The first-order valence-corrected chi connectivity index (χ1v) is 10.1. The molecule has 1 aromatic heterocycles. The normalized spacial score (nSPS) is 11.6. The van der Waals surface area contributed by atoms with Crippen molar-refractivity contribution in [1.29, 1.82) is 0 Å². The maximum absolute atomic E-state index is 13.0. The summed E-state index contributed by atoms with van der Waals surface area (Å²) in [5.41, 5.74) is 2.48. The number of nitrogens with one attached hydrogen (secondary N) is 2. The maximum Gasteiger partial charge on any atom is 0.244 e. The van der Waals surface area contributed by atoms with Crippen LogP contribution in [0.3, 0.4) is 0 Å². The van der Waals surface area contributed by atoms with Crippen molar-refractivity contribution in [2.24, 2.45) is 0 Å². The molecule has 2 N–H and O–H groups in total. The molecule has 0 bridgehead atoms. The molecule has 3 aromatic rings. The van der Waals surface area contributed by atoms with Gasteiger partial charge in [0.15, 0.2) is 5.13 Å². The molecule has 0 aliphatic carbocycles. The van der Waals surface area contributed by atoms with E-state index in [-0.39, 0.29) is 11.8 Å². The number of rotatable bonds is 6. The van der Waals surface area contributed by atoms with Crippen molar-refractivity contribution < 1.29 is 9.59 Å². The lowest BCUT2D eigenvalue weighted by Gasteiger charge is -2.16. The molecule has 1 heterocycles. The smallest absolute Gasteiger partial charge is 0.244 e. The molecule has 0 radical (unpaired) electrons. The zero-order chi connectivity index (χ0) is 19.2. The van der Waals surface area contributed by atoms with Crippen molar-refractivity contribution in [2.75, 3.05) is 10.6 Å². The fraction of sp³-hybridized carbons (Fsp3) is 0.150. The van der Waals surface area contributed by atoms with Crippen LogP contribution in [-0.4, -0.2) is 16.8 Å². The van der Waals surface area contributed by atoms with E-state index in [4.69, 9.17) is 0 Å². The highest BCUT2D eigenvalue weighted by Gasteiger charge is 2.23. The van der Waals surface area contributed by atoms with Crippen LogP contribution in [0.15, 0.2) is 64.9 Å². The lowest BCUT2D eigenvalue weighted by molar-refractivity contribution is -0.116. The molecular formula is C20H19N3O2S2. The quantitative estimate of drug-likeness (QED) is 0.582. The number of anilines is 2. The number of carbonyl (C=O) groups excluding carboxylic acids is 2. The Labute approximate surface area is 166 Å². The fourth-order valence-corrected chi connectivity index (χ4v) is 4.24. The number of carbonyl (C=O) groups is 2. The van der Waals surface area contributed by atoms with Gasteiger partial charge in [0.25, 0.3) is 0 Å². The van der Waals surface area contributed by atoms with Gasteiger partial charge in [-0.1, -0.05) is 36.4 Å². The number of hydrogen-bond donors (Lipinski definition) is 2. The van der Waals surface area contributed by atoms with E-state index in [2.05, 4.69) is 15.6 Å². The zero-order valence-corrected chi connectivity index (χ0v) is 16.6. The number of nitrogens with zero attached hydrogens (tertiary/aromatic N) is 1. The first-order valence-electron chi connectivity index (χ1n) is 8.33. The fourth-order valence-electron chi connectivity index (χ4n) is 2.47. The van der Waals surface area contributed by atoms with Gasteiger partial charge in [-0.05, 0) is 30.7 Å². The van der Waals surface area contributed by atoms with Crippen molar-refractivity contribution in [3.63, 3.8) is 0 Å². The summed E-state index contributed by atoms with van der Waals surface area (Å²) in [6.45, 7) is 3.36. The summed E-state index contributed by atoms with van der Waals surface area (Å²) < 4.78 is 0. The average Bonchev–Trinajstić information content (AvgIpc) is 3.05. The van der Waals surface area contributed by atoms with Crippen LogP contribution in [0.5, 0.6) is 0 Å². The Balaban J connectivity index is 1.84. The van der Waals surface area contributed by atoms with E-state index in [1.807, 2.05) is 66.9 Å². The third-order valence-corrected chi connectivity index (χ3v) is 5.72. The second-order valence-electron chi connectivity index (χ2n) is 5.90. The Bertz CT molecular complexity index is 941. The summed E-state index contributed by atoms with van der Waals surface area (Å²) in [4.78, 5) is 29.4. The first kappa shape index (κ1) is 19.1. The summed E-state index contributed by atoms with van der Waals surface area (Å²) in [5, 5.41) is 7.72. The second kappa shape index (κ2) is 8.83. The SMILES string of the molecule is CC(=O)Nc1cccc(SC(C(=O)Nc2nc(C)cs2)c2ccccc2)c1. The van der Waals surface area contributed by atoms with Crippen molar-refractivity contribution in [3.8, 4) is 0 Å². The minimum atomic E-state index is -0.442. The lowest BCUT2D eigenvalue weighted by atomic mass is 10.1. The average molecular weight is 398 g/mol. The van der Waals surface area contributed by atoms with E-state index >= 15 is 0 Å². The zero-order valence-electron chi connectivity index (χ0n) is 14.9. The predicted octanol–water partition coefficient (Wildman–Crippen LogP) is 4.88. The van der Waals surface area contributed by atoms with Crippen LogP contribution in [-0.2, 0) is 9.59 Å². The Kier molecular flexibility index (Phi) is 6.26. The van der Waals surface area contributed by atoms with Crippen molar-refractivity contribution in [1.82, 2.24) is 4.98 Å². The van der Waals surface area contributed by atoms with E-state index in [0.29, 0.717) is 10.8 Å². The minimum Gasteiger partial charge on any atom is -0.326 e. The standard InChI is InChI=1S/C20H19N3O2S2/c1-13-12-26-20(21-13)23-19(25)18(15-7-4-3-5-8-15)27-17-10-6-9-16(11-17)22-14(2)24/h3-12,18H,1-2H3,(H,22,24)(H,21,23,25). The number of amides is 2. The topological polar surface area (TPSA) is 71.1 Å². The van der Waals surface area contributed by atoms with Crippen molar-refractivity contribution >= 4 is 45.7 Å². The molecule has 0 aliphatic rings. The van der Waals surface area contributed by atoms with E-state index in [9.17, 15) is 9.59 Å². The summed E-state index contributed by atoms with van der Waals surface area (Å²) in [6, 6.07) is 17.1. The molecule has 0 fully saturated rings. The molecule has 0 saturated carbocycles. The summed E-state index contributed by atoms with van der Waals surface area (Å²) in [5.74, 6) is -0.265. The van der Waals surface area contributed by atoms with Gasteiger partial charge in [0.05, 0.1) is 5.69 Å². The largest absolute Gasteiger partial charge is 0.326 e. The van der Waals surface area contributed by atoms with Crippen LogP contribution in [0, 0.1) is 6.92 Å². The van der Waals surface area contributed by atoms with Crippen LogP contribution < -0.4 is 10.6 Å². The molecule has 27 heavy (non-hydrogen) atoms. The Morgan fingerprint density at radius 1 is 1.07 bits per heavy atom. The van der Waals surface area contributed by atoms with Gasteiger partial charge >= 0.3 is 0 Å². The van der Waals surface area contributed by atoms with E-state index in [1.54, 1.807) is 0 Å². The Morgan fingerprint density at radius 2 is 1.85 bits per heavy atom. The molecule has 5 nitrogen and oxygen atoms in total. The van der Waals surface area contributed by atoms with Crippen molar-refractivity contribution in [2.45, 2.75) is 24.0 Å². The van der Waals surface area contributed by atoms with Gasteiger partial charge in [0.1, 0.15) is 5.25 Å². The van der Waals surface area contributed by atoms with Gasteiger partial charge in [-0.2, -0.15) is 0 Å². The first-order chi connectivity index (χ1) is 13.0. The highest BCUT2D eigenvalue weighted by molar-refractivity contribution is 8.00.